The Morgan fingerprint density at radius 3 is 2.28 bits per heavy atom. The molecule has 9 nitrogen and oxygen atoms in total. The first-order valence-electron chi connectivity index (χ1n) is 13.3. The number of benzene rings is 3. The van der Waals surface area contributed by atoms with Gasteiger partial charge in [0, 0.05) is 6.42 Å². The number of carbonyl (C=O) groups is 3. The lowest BCUT2D eigenvalue weighted by Gasteiger charge is -2.27. The molecule has 0 unspecified atom stereocenters. The van der Waals surface area contributed by atoms with E-state index in [4.69, 9.17) is 10.00 Å². The van der Waals surface area contributed by atoms with Crippen molar-refractivity contribution in [3.63, 3.8) is 0 Å². The predicted molar refractivity (Wildman–Crippen MR) is 153 cm³/mol. The van der Waals surface area contributed by atoms with Crippen molar-refractivity contribution in [3.8, 4) is 6.07 Å². The number of hydrogen-bond acceptors (Lipinski definition) is 7. The van der Waals surface area contributed by atoms with Crippen LogP contribution in [0.5, 0.6) is 0 Å². The van der Waals surface area contributed by atoms with Gasteiger partial charge in [0.15, 0.2) is 15.6 Å². The SMILES string of the molecule is CC(C)(C)OC(=O)N[C@H]1CS(=O)(=O)c2cc(F)c(C(=O)CCc3ccc(F)cc3)cc2N(Cc2ccc(C#N)cc2)C1=O. The van der Waals surface area contributed by atoms with Gasteiger partial charge in [0.2, 0.25) is 0 Å². The molecular weight excluding hydrogens is 580 g/mol. The van der Waals surface area contributed by atoms with E-state index in [1.165, 1.54) is 36.4 Å². The first-order valence-corrected chi connectivity index (χ1v) is 15.0. The molecule has 0 fully saturated rings. The number of alkyl carbamates (subject to hydrolysis) is 1. The number of nitriles is 1. The Bertz CT molecular complexity index is 1710. The molecule has 2 amide bonds. The van der Waals surface area contributed by atoms with E-state index in [2.05, 4.69) is 5.32 Å². The van der Waals surface area contributed by atoms with E-state index in [0.29, 0.717) is 22.8 Å². The van der Waals surface area contributed by atoms with Gasteiger partial charge in [-0.05, 0) is 74.7 Å². The summed E-state index contributed by atoms with van der Waals surface area (Å²) in [5.41, 5.74) is -0.0896. The van der Waals surface area contributed by atoms with Crippen molar-refractivity contribution in [2.24, 2.45) is 0 Å². The van der Waals surface area contributed by atoms with E-state index >= 15 is 4.39 Å². The number of nitrogens with one attached hydrogen (secondary N) is 1. The Morgan fingerprint density at radius 2 is 1.67 bits per heavy atom. The van der Waals surface area contributed by atoms with Crippen LogP contribution in [-0.2, 0) is 32.3 Å². The number of ether oxygens (including phenoxy) is 1. The second kappa shape index (κ2) is 12.3. The number of sulfone groups is 1. The van der Waals surface area contributed by atoms with Gasteiger partial charge in [-0.1, -0.05) is 24.3 Å². The van der Waals surface area contributed by atoms with E-state index in [9.17, 15) is 27.2 Å². The zero-order valence-electron chi connectivity index (χ0n) is 23.7. The smallest absolute Gasteiger partial charge is 0.408 e. The highest BCUT2D eigenvalue weighted by Crippen LogP contribution is 2.35. The summed E-state index contributed by atoms with van der Waals surface area (Å²) in [4.78, 5) is 40.1. The summed E-state index contributed by atoms with van der Waals surface area (Å²) in [6.45, 7) is 4.59. The summed E-state index contributed by atoms with van der Waals surface area (Å²) in [6, 6.07) is 13.8. The van der Waals surface area contributed by atoms with Crippen LogP contribution in [-0.4, -0.2) is 43.6 Å². The maximum absolute atomic E-state index is 15.4. The molecule has 3 aromatic carbocycles. The normalized spacial score (nSPS) is 16.0. The summed E-state index contributed by atoms with van der Waals surface area (Å²) in [5, 5.41) is 11.5. The van der Waals surface area contributed by atoms with E-state index in [1.807, 2.05) is 6.07 Å². The first-order chi connectivity index (χ1) is 20.2. The Labute approximate surface area is 248 Å². The molecule has 1 aliphatic heterocycles. The molecule has 1 aliphatic rings. The third kappa shape index (κ3) is 7.61. The van der Waals surface area contributed by atoms with Crippen LogP contribution in [0.2, 0.25) is 0 Å². The molecular formula is C31H29F2N3O6S. The molecule has 0 aliphatic carbocycles. The lowest BCUT2D eigenvalue weighted by Crippen LogP contribution is -2.51. The molecule has 3 aromatic rings. The number of amides is 2. The average Bonchev–Trinajstić information content (AvgIpc) is 3.00. The summed E-state index contributed by atoms with van der Waals surface area (Å²) >= 11 is 0. The fourth-order valence-electron chi connectivity index (χ4n) is 4.53. The van der Waals surface area contributed by atoms with Crippen molar-refractivity contribution < 1.29 is 36.3 Å². The molecule has 0 bridgehead atoms. The monoisotopic (exact) mass is 609 g/mol. The van der Waals surface area contributed by atoms with Crippen molar-refractivity contribution in [1.82, 2.24) is 5.32 Å². The number of nitrogens with zero attached hydrogens (tertiary/aromatic N) is 2. The predicted octanol–water partition coefficient (Wildman–Crippen LogP) is 4.87. The lowest BCUT2D eigenvalue weighted by atomic mass is 10.0. The van der Waals surface area contributed by atoms with Crippen molar-refractivity contribution in [2.45, 2.75) is 56.7 Å². The highest BCUT2D eigenvalue weighted by atomic mass is 32.2. The molecule has 0 radical (unpaired) electrons. The molecule has 1 atom stereocenters. The molecule has 43 heavy (non-hydrogen) atoms. The van der Waals surface area contributed by atoms with E-state index in [0.717, 1.165) is 11.0 Å². The third-order valence-electron chi connectivity index (χ3n) is 6.59. The van der Waals surface area contributed by atoms with Crippen LogP contribution in [0.25, 0.3) is 0 Å². The van der Waals surface area contributed by atoms with Gasteiger partial charge in [-0.3, -0.25) is 9.59 Å². The van der Waals surface area contributed by atoms with Gasteiger partial charge in [0.1, 0.15) is 23.3 Å². The molecule has 4 rings (SSSR count). The van der Waals surface area contributed by atoms with Crippen molar-refractivity contribution in [1.29, 1.82) is 5.26 Å². The first kappa shape index (κ1) is 31.3. The van der Waals surface area contributed by atoms with E-state index < -0.39 is 67.1 Å². The maximum atomic E-state index is 15.4. The highest BCUT2D eigenvalue weighted by molar-refractivity contribution is 7.91. The van der Waals surface area contributed by atoms with Gasteiger partial charge in [0.25, 0.3) is 5.91 Å². The van der Waals surface area contributed by atoms with Gasteiger partial charge < -0.3 is 15.0 Å². The number of aryl methyl sites for hydroxylation is 1. The Kier molecular flexibility index (Phi) is 8.96. The Balaban J connectivity index is 1.75. The fourth-order valence-corrected chi connectivity index (χ4v) is 6.15. The minimum absolute atomic E-state index is 0.166. The number of carbonyl (C=O) groups excluding carboxylic acids is 3. The van der Waals surface area contributed by atoms with Crippen molar-refractivity contribution in [2.75, 3.05) is 10.7 Å². The Hall–Kier alpha value is -4.63. The standard InChI is InChI=1S/C31H29F2N3O6S/c1-31(2,3)42-30(39)35-25-18-43(40,41)28-15-24(33)23(27(37)13-10-19-8-11-22(32)12-9-19)14-26(28)36(29(25)38)17-21-6-4-20(16-34)5-7-21/h4-9,11-12,14-15,25H,10,13,17-18H2,1-3H3,(H,35,39)/t25-/m0/s1. The molecule has 1 N–H and O–H groups in total. The van der Waals surface area contributed by atoms with Crippen LogP contribution in [0, 0.1) is 23.0 Å². The topological polar surface area (TPSA) is 134 Å². The van der Waals surface area contributed by atoms with Crippen LogP contribution in [0.1, 0.15) is 54.2 Å². The molecule has 0 saturated carbocycles. The number of Topliss-reactive ketones (excluding diaryl/α,β-unsaturated/α-hetero) is 1. The molecule has 1 heterocycles. The molecule has 0 aromatic heterocycles. The van der Waals surface area contributed by atoms with E-state index in [1.54, 1.807) is 32.9 Å². The molecule has 12 heteroatoms. The summed E-state index contributed by atoms with van der Waals surface area (Å²) in [6.07, 6.45) is -1.02. The highest BCUT2D eigenvalue weighted by Gasteiger charge is 2.40. The van der Waals surface area contributed by atoms with Gasteiger partial charge in [0.05, 0.1) is 40.1 Å². The van der Waals surface area contributed by atoms with Gasteiger partial charge >= 0.3 is 6.09 Å². The number of anilines is 1. The fraction of sp³-hybridized carbons (Fsp3) is 0.290. The second-order valence-electron chi connectivity index (χ2n) is 11.1. The van der Waals surface area contributed by atoms with Crippen molar-refractivity contribution in [3.05, 3.63) is 94.6 Å². The van der Waals surface area contributed by atoms with Crippen LogP contribution in [0.3, 0.4) is 0 Å². The number of ketones is 1. The van der Waals surface area contributed by atoms with Gasteiger partial charge in [-0.2, -0.15) is 5.26 Å². The van der Waals surface area contributed by atoms with Crippen molar-refractivity contribution >= 4 is 33.3 Å². The summed E-state index contributed by atoms with van der Waals surface area (Å²) < 4.78 is 60.8. The number of halogens is 2. The zero-order valence-corrected chi connectivity index (χ0v) is 24.5. The second-order valence-corrected chi connectivity index (χ2v) is 13.1. The summed E-state index contributed by atoms with van der Waals surface area (Å²) in [7, 11) is -4.37. The molecule has 0 spiro atoms. The summed E-state index contributed by atoms with van der Waals surface area (Å²) in [5.74, 6) is -3.89. The van der Waals surface area contributed by atoms with Crippen LogP contribution in [0.4, 0.5) is 19.3 Å². The molecule has 0 saturated heterocycles. The largest absolute Gasteiger partial charge is 0.444 e. The van der Waals surface area contributed by atoms with Gasteiger partial charge in [-0.25, -0.2) is 22.0 Å². The lowest BCUT2D eigenvalue weighted by molar-refractivity contribution is -0.120. The van der Waals surface area contributed by atoms with Crippen LogP contribution >= 0.6 is 0 Å². The number of fused-ring (bicyclic) bond motifs is 1. The number of hydrogen-bond donors (Lipinski definition) is 1. The number of rotatable bonds is 7. The minimum Gasteiger partial charge on any atom is -0.444 e. The Morgan fingerprint density at radius 1 is 1.05 bits per heavy atom. The molecule has 224 valence electrons. The zero-order chi connectivity index (χ0) is 31.5. The quantitative estimate of drug-likeness (QED) is 0.378. The average molecular weight is 610 g/mol. The van der Waals surface area contributed by atoms with Crippen LogP contribution in [0.15, 0.2) is 65.6 Å². The van der Waals surface area contributed by atoms with Crippen LogP contribution < -0.4 is 10.2 Å². The third-order valence-corrected chi connectivity index (χ3v) is 8.36. The minimum atomic E-state index is -4.37. The van der Waals surface area contributed by atoms with E-state index in [-0.39, 0.29) is 25.1 Å². The maximum Gasteiger partial charge on any atom is 0.408 e. The van der Waals surface area contributed by atoms with Gasteiger partial charge in [-0.15, -0.1) is 0 Å².